The van der Waals surface area contributed by atoms with Crippen molar-refractivity contribution < 1.29 is 17.6 Å². The van der Waals surface area contributed by atoms with Crippen LogP contribution in [-0.4, -0.2) is 38.4 Å². The minimum atomic E-state index is -3.57. The predicted molar refractivity (Wildman–Crippen MR) is 87.6 cm³/mol. The number of amides is 1. The van der Waals surface area contributed by atoms with E-state index in [0.717, 1.165) is 5.56 Å². The third-order valence-corrected chi connectivity index (χ3v) is 5.79. The van der Waals surface area contributed by atoms with Gasteiger partial charge in [-0.2, -0.15) is 0 Å². The fourth-order valence-corrected chi connectivity index (χ4v) is 3.90. The molecule has 0 aliphatic carbocycles. The molecule has 1 aromatic heterocycles. The Balaban J connectivity index is 1.61. The van der Waals surface area contributed by atoms with Crippen molar-refractivity contribution in [1.82, 2.24) is 9.62 Å². The van der Waals surface area contributed by atoms with E-state index in [1.54, 1.807) is 30.3 Å². The molecular weight excluding hydrogens is 384 g/mol. The van der Waals surface area contributed by atoms with E-state index in [9.17, 15) is 13.2 Å². The quantitative estimate of drug-likeness (QED) is 0.855. The van der Waals surface area contributed by atoms with Gasteiger partial charge in [0.1, 0.15) is 0 Å². The summed E-state index contributed by atoms with van der Waals surface area (Å²) in [5.41, 5.74) is 0.994. The van der Waals surface area contributed by atoms with Crippen molar-refractivity contribution in [2.45, 2.75) is 17.9 Å². The number of nitrogens with one attached hydrogen (secondary N) is 1. The van der Waals surface area contributed by atoms with Crippen LogP contribution in [0, 0.1) is 6.92 Å². The molecule has 122 valence electrons. The third-order valence-electron chi connectivity index (χ3n) is 3.63. The molecular formula is C15H15BrN2O4S. The molecule has 0 bridgehead atoms. The van der Waals surface area contributed by atoms with Crippen molar-refractivity contribution in [2.24, 2.45) is 0 Å². The van der Waals surface area contributed by atoms with E-state index in [0.29, 0.717) is 17.6 Å². The molecule has 3 rings (SSSR count). The molecule has 0 unspecified atom stereocenters. The second kappa shape index (κ2) is 6.10. The first kappa shape index (κ1) is 16.2. The Morgan fingerprint density at radius 1 is 1.26 bits per heavy atom. The minimum Gasteiger partial charge on any atom is -0.458 e. The van der Waals surface area contributed by atoms with Crippen LogP contribution in [0.2, 0.25) is 0 Å². The predicted octanol–water partition coefficient (Wildman–Crippen LogP) is 2.15. The van der Waals surface area contributed by atoms with Crippen LogP contribution in [0.25, 0.3) is 0 Å². The molecule has 0 saturated carbocycles. The summed E-state index contributed by atoms with van der Waals surface area (Å²) < 4.78 is 32.9. The molecule has 8 heteroatoms. The highest BCUT2D eigenvalue weighted by Gasteiger charge is 2.35. The lowest BCUT2D eigenvalue weighted by Crippen LogP contribution is -2.60. The first-order chi connectivity index (χ1) is 10.9. The Morgan fingerprint density at radius 3 is 2.48 bits per heavy atom. The van der Waals surface area contributed by atoms with Gasteiger partial charge in [0.15, 0.2) is 0 Å². The van der Waals surface area contributed by atoms with Gasteiger partial charge in [0.2, 0.25) is 15.8 Å². The number of aryl methyl sites for hydroxylation is 1. The molecule has 1 amide bonds. The number of hydrogen-bond donors (Lipinski definition) is 1. The second-order valence-electron chi connectivity index (χ2n) is 5.44. The zero-order valence-corrected chi connectivity index (χ0v) is 14.7. The van der Waals surface area contributed by atoms with E-state index in [-0.39, 0.29) is 22.6 Å². The largest absolute Gasteiger partial charge is 0.458 e. The number of furan rings is 1. The standard InChI is InChI=1S/C15H15BrN2O4S/c1-10-2-4-12(5-3-10)23(20,21)17-11-8-18(9-11)15(19)14-13(16)6-7-22-14/h2-7,11,17H,8-9H2,1H3. The maximum absolute atomic E-state index is 12.3. The molecule has 23 heavy (non-hydrogen) atoms. The summed E-state index contributed by atoms with van der Waals surface area (Å²) in [7, 11) is -3.57. The van der Waals surface area contributed by atoms with Gasteiger partial charge in [0, 0.05) is 13.1 Å². The lowest BCUT2D eigenvalue weighted by atomic mass is 10.1. The first-order valence-corrected chi connectivity index (χ1v) is 9.26. The molecule has 0 spiro atoms. The van der Waals surface area contributed by atoms with Crippen molar-refractivity contribution >= 4 is 31.9 Å². The molecule has 6 nitrogen and oxygen atoms in total. The number of hydrogen-bond acceptors (Lipinski definition) is 4. The summed E-state index contributed by atoms with van der Waals surface area (Å²) >= 11 is 3.24. The molecule has 0 radical (unpaired) electrons. The van der Waals surface area contributed by atoms with E-state index in [1.165, 1.54) is 11.2 Å². The van der Waals surface area contributed by atoms with Crippen molar-refractivity contribution in [3.63, 3.8) is 0 Å². The van der Waals surface area contributed by atoms with E-state index in [2.05, 4.69) is 20.7 Å². The summed E-state index contributed by atoms with van der Waals surface area (Å²) in [5.74, 6) is -0.0301. The van der Waals surface area contributed by atoms with E-state index in [1.807, 2.05) is 6.92 Å². The molecule has 0 atom stereocenters. The van der Waals surface area contributed by atoms with Gasteiger partial charge in [-0.15, -0.1) is 0 Å². The zero-order chi connectivity index (χ0) is 16.6. The molecule has 1 saturated heterocycles. The topological polar surface area (TPSA) is 79.6 Å². The average molecular weight is 399 g/mol. The lowest BCUT2D eigenvalue weighted by Gasteiger charge is -2.38. The highest BCUT2D eigenvalue weighted by Crippen LogP contribution is 2.22. The van der Waals surface area contributed by atoms with E-state index in [4.69, 9.17) is 4.42 Å². The number of sulfonamides is 1. The maximum Gasteiger partial charge on any atom is 0.290 e. The van der Waals surface area contributed by atoms with Gasteiger partial charge in [0.05, 0.1) is 21.7 Å². The van der Waals surface area contributed by atoms with Gasteiger partial charge in [-0.05, 0) is 41.1 Å². The van der Waals surface area contributed by atoms with Crippen LogP contribution in [0.3, 0.4) is 0 Å². The Labute approximate surface area is 142 Å². The summed E-state index contributed by atoms with van der Waals surface area (Å²) in [5, 5.41) is 0. The van der Waals surface area contributed by atoms with Crippen LogP contribution in [0.15, 0.2) is 50.4 Å². The number of carbonyl (C=O) groups excluding carboxylic acids is 1. The number of nitrogens with zero attached hydrogens (tertiary/aromatic N) is 1. The first-order valence-electron chi connectivity index (χ1n) is 6.98. The molecule has 1 fully saturated rings. The van der Waals surface area contributed by atoms with Crippen LogP contribution in [0.1, 0.15) is 16.1 Å². The molecule has 2 heterocycles. The SMILES string of the molecule is Cc1ccc(S(=O)(=O)NC2CN(C(=O)c3occc3Br)C2)cc1. The summed E-state index contributed by atoms with van der Waals surface area (Å²) in [6.07, 6.45) is 1.43. The Morgan fingerprint density at radius 2 is 1.91 bits per heavy atom. The van der Waals surface area contributed by atoms with Gasteiger partial charge in [-0.1, -0.05) is 17.7 Å². The maximum atomic E-state index is 12.3. The Bertz CT molecular complexity index is 823. The Kier molecular flexibility index (Phi) is 4.31. The normalized spacial score (nSPS) is 15.5. The Hall–Kier alpha value is -1.64. The highest BCUT2D eigenvalue weighted by molar-refractivity contribution is 9.10. The van der Waals surface area contributed by atoms with Crippen LogP contribution in [0.4, 0.5) is 0 Å². The van der Waals surface area contributed by atoms with E-state index < -0.39 is 10.0 Å². The molecule has 2 aromatic rings. The van der Waals surface area contributed by atoms with Gasteiger partial charge in [-0.25, -0.2) is 13.1 Å². The number of rotatable bonds is 4. The fraction of sp³-hybridized carbons (Fsp3) is 0.267. The summed E-state index contributed by atoms with van der Waals surface area (Å²) in [4.78, 5) is 13.9. The third kappa shape index (κ3) is 3.34. The smallest absolute Gasteiger partial charge is 0.290 e. The second-order valence-corrected chi connectivity index (χ2v) is 8.01. The van der Waals surface area contributed by atoms with Crippen molar-refractivity contribution in [1.29, 1.82) is 0 Å². The highest BCUT2D eigenvalue weighted by atomic mass is 79.9. The molecule has 1 N–H and O–H groups in total. The lowest BCUT2D eigenvalue weighted by molar-refractivity contribution is 0.0558. The number of halogens is 1. The van der Waals surface area contributed by atoms with Gasteiger partial charge >= 0.3 is 0 Å². The van der Waals surface area contributed by atoms with Crippen LogP contribution in [-0.2, 0) is 10.0 Å². The summed E-state index contributed by atoms with van der Waals surface area (Å²) in [6.45, 7) is 2.53. The molecule has 1 aliphatic rings. The van der Waals surface area contributed by atoms with Crippen molar-refractivity contribution in [3.05, 3.63) is 52.4 Å². The minimum absolute atomic E-state index is 0.224. The average Bonchev–Trinajstić information content (AvgIpc) is 2.88. The van der Waals surface area contributed by atoms with Crippen LogP contribution >= 0.6 is 15.9 Å². The molecule has 1 aliphatic heterocycles. The van der Waals surface area contributed by atoms with Crippen molar-refractivity contribution in [2.75, 3.05) is 13.1 Å². The number of benzene rings is 1. The van der Waals surface area contributed by atoms with Crippen molar-refractivity contribution in [3.8, 4) is 0 Å². The molecule has 1 aromatic carbocycles. The monoisotopic (exact) mass is 398 g/mol. The number of carbonyl (C=O) groups is 1. The van der Waals surface area contributed by atoms with Crippen LogP contribution < -0.4 is 4.72 Å². The fourth-order valence-electron chi connectivity index (χ4n) is 2.31. The summed E-state index contributed by atoms with van der Waals surface area (Å²) in [6, 6.07) is 7.99. The zero-order valence-electron chi connectivity index (χ0n) is 12.3. The number of likely N-dealkylation sites (tertiary alicyclic amines) is 1. The van der Waals surface area contributed by atoms with Gasteiger partial charge < -0.3 is 9.32 Å². The van der Waals surface area contributed by atoms with Gasteiger partial charge in [0.25, 0.3) is 5.91 Å². The van der Waals surface area contributed by atoms with E-state index >= 15 is 0 Å². The van der Waals surface area contributed by atoms with Gasteiger partial charge in [-0.3, -0.25) is 4.79 Å². The van der Waals surface area contributed by atoms with Crippen LogP contribution in [0.5, 0.6) is 0 Å².